The molecule has 4 aromatic heterocycles. The van der Waals surface area contributed by atoms with E-state index in [1.807, 2.05) is 180 Å². The van der Waals surface area contributed by atoms with E-state index in [-0.39, 0.29) is 46.9 Å². The number of unbranched alkanes of at least 4 members (excludes halogenated alkanes) is 3. The van der Waals surface area contributed by atoms with Crippen molar-refractivity contribution in [1.29, 1.82) is 21.0 Å². The lowest BCUT2D eigenvalue weighted by Gasteiger charge is -2.21. The number of aryl methyl sites for hydroxylation is 8. The van der Waals surface area contributed by atoms with E-state index in [0.717, 1.165) is 99.4 Å². The van der Waals surface area contributed by atoms with Crippen molar-refractivity contribution in [3.63, 3.8) is 0 Å². The Morgan fingerprint density at radius 3 is 0.744 bits per heavy atom. The Bertz CT molecular complexity index is 5560. The minimum absolute atomic E-state index is 0.00931. The van der Waals surface area contributed by atoms with Crippen LogP contribution in [0.1, 0.15) is 303 Å². The summed E-state index contributed by atoms with van der Waals surface area (Å²) in [5, 5.41) is 58.4. The zero-order chi connectivity index (χ0) is 100. The number of nitrogens with zero attached hydrogens (tertiary/aromatic N) is 12. The van der Waals surface area contributed by atoms with Gasteiger partial charge in [-0.25, -0.2) is 19.2 Å². The second-order valence-corrected chi connectivity index (χ2v) is 37.3. The number of aromatic nitrogens is 8. The Morgan fingerprint density at radius 2 is 0.549 bits per heavy atom. The van der Waals surface area contributed by atoms with Gasteiger partial charge in [0.15, 0.2) is 23.0 Å². The number of ether oxygens (including phenoxy) is 12. The first-order valence-corrected chi connectivity index (χ1v) is 45.3. The second kappa shape index (κ2) is 50.0. The quantitative estimate of drug-likeness (QED) is 0.00972. The summed E-state index contributed by atoms with van der Waals surface area (Å²) in [5.41, 5.74) is 18.1. The molecule has 0 amide bonds. The van der Waals surface area contributed by atoms with Gasteiger partial charge < -0.3 is 56.8 Å². The van der Waals surface area contributed by atoms with Crippen molar-refractivity contribution in [2.45, 2.75) is 299 Å². The van der Waals surface area contributed by atoms with E-state index in [4.69, 9.17) is 56.8 Å². The third-order valence-electron chi connectivity index (χ3n) is 21.7. The summed E-state index contributed by atoms with van der Waals surface area (Å²) >= 11 is 0. The van der Waals surface area contributed by atoms with Gasteiger partial charge in [0, 0.05) is 78.1 Å². The number of hydrogen-bond acceptors (Lipinski definition) is 24. The van der Waals surface area contributed by atoms with Crippen LogP contribution in [0.25, 0.3) is 45.3 Å². The van der Waals surface area contributed by atoms with Crippen LogP contribution in [0.4, 0.5) is 19.2 Å². The standard InChI is InChI=1S/C27H37N3O4.3C26H35N3O4/c1-9-10-11-16-32-26(31)34-20(4)33-25(24-18(2)19(3)29-30(24)8)23(17-28)21-12-14-22(15-13-21)27(5,6)7;1-16(2)15-31-25(30)33-19(5)32-24(23-17(3)18(4)28-29(23)9)22(14-27)20-10-12-21(13-11-20)26(6,7)8;1-10-16(2)31-25(30)33-19(5)32-24(23-17(3)18(4)28-29(23)9)22(15-27)20-11-13-21(14-12-20)26(6,7)8;1-9-10-15-31-25(30)33-19(4)32-24(23-17(2)18(3)28-29(23)8)22(16-27)20-11-13-21(14-12-20)26(5,6)7/h12-15,20H,9-11,16H2,1-8H3;10-13,16,19H,15H2,1-9H3;11-14,16,19H,10H2,1-9H3;11-14,19H,9-10,15H2,1-8H3/b25-23-;3*24-22-. The molecule has 0 N–H and O–H groups in total. The first kappa shape index (κ1) is 110. The van der Waals surface area contributed by atoms with Crippen LogP contribution in [-0.4, -0.2) is 115 Å². The lowest BCUT2D eigenvalue weighted by atomic mass is 9.86. The molecule has 718 valence electrons. The summed E-state index contributed by atoms with van der Waals surface area (Å²) in [4.78, 5) is 48.2. The summed E-state index contributed by atoms with van der Waals surface area (Å²) in [6.07, 6.45) is -2.28. The number of nitriles is 4. The van der Waals surface area contributed by atoms with Gasteiger partial charge in [-0.15, -0.1) is 0 Å². The molecule has 5 unspecified atom stereocenters. The fourth-order valence-corrected chi connectivity index (χ4v) is 13.5. The molecule has 28 nitrogen and oxygen atoms in total. The lowest BCUT2D eigenvalue weighted by Crippen LogP contribution is -2.22. The Labute approximate surface area is 788 Å². The van der Waals surface area contributed by atoms with Crippen molar-refractivity contribution in [2.24, 2.45) is 34.1 Å². The highest BCUT2D eigenvalue weighted by atomic mass is 16.8. The van der Waals surface area contributed by atoms with Gasteiger partial charge in [-0.1, -0.05) is 234 Å². The fourth-order valence-electron chi connectivity index (χ4n) is 13.5. The average Bonchev–Trinajstić information content (AvgIpc) is 1.63. The molecule has 5 atom stereocenters. The van der Waals surface area contributed by atoms with Crippen LogP contribution in [-0.2, 0) is 107 Å². The second-order valence-electron chi connectivity index (χ2n) is 37.3. The minimum Gasteiger partial charge on any atom is -0.451 e. The minimum atomic E-state index is -0.983. The van der Waals surface area contributed by atoms with E-state index >= 15 is 0 Å². The normalized spacial score (nSPS) is 13.3. The highest BCUT2D eigenvalue weighted by molar-refractivity contribution is 5.98. The third kappa shape index (κ3) is 32.1. The zero-order valence-electron chi connectivity index (χ0n) is 85.0. The first-order valence-electron chi connectivity index (χ1n) is 45.3. The molecule has 8 rings (SSSR count). The van der Waals surface area contributed by atoms with Gasteiger partial charge >= 0.3 is 24.6 Å². The van der Waals surface area contributed by atoms with Crippen LogP contribution in [0, 0.1) is 107 Å². The predicted octanol–water partition coefficient (Wildman–Crippen LogP) is 24.4. The topological polar surface area (TPSA) is 345 Å². The summed E-state index contributed by atoms with van der Waals surface area (Å²) in [7, 11) is 7.17. The molecule has 0 saturated carbocycles. The van der Waals surface area contributed by atoms with E-state index in [0.29, 0.717) is 103 Å². The van der Waals surface area contributed by atoms with Gasteiger partial charge in [-0.3, -0.25) is 18.7 Å². The van der Waals surface area contributed by atoms with Crippen LogP contribution in [0.2, 0.25) is 0 Å². The van der Waals surface area contributed by atoms with E-state index in [2.05, 4.69) is 135 Å². The number of carbonyl (C=O) groups excluding carboxylic acids is 4. The largest absolute Gasteiger partial charge is 0.511 e. The van der Waals surface area contributed by atoms with Crippen molar-refractivity contribution in [3.8, 4) is 24.3 Å². The highest BCUT2D eigenvalue weighted by Crippen LogP contribution is 2.39. The Balaban J connectivity index is 0.000000314. The maximum atomic E-state index is 12.1. The SMILES string of the molecule is CCC(C)OC(=O)OC(C)O/C(=C(/C#N)c1ccc(C(C)(C)C)cc1)c1c(C)c(C)nn1C.CCCCCOC(=O)OC(C)O/C(=C(/C#N)c1ccc(C(C)(C)C)cc1)c1c(C)c(C)nn1C.CCCCOC(=O)OC(C)O/C(=C(/C#N)c1ccc(C(C)(C)C)cc1)c1c(C)c(C)nn1C.Cc1nn(C)c(/C(OC(C)OC(=O)OCC(C)C)=C(\C#N)c2ccc(C(C)(C)C)cc2)c1C. The van der Waals surface area contributed by atoms with Crippen LogP contribution in [0.3, 0.4) is 0 Å². The molecule has 0 spiro atoms. The smallest absolute Gasteiger partial charge is 0.451 e. The van der Waals surface area contributed by atoms with Crippen molar-refractivity contribution in [3.05, 3.63) is 209 Å². The number of benzene rings is 4. The van der Waals surface area contributed by atoms with Crippen molar-refractivity contribution in [1.82, 2.24) is 39.1 Å². The molecular formula is C105H142N12O16. The predicted molar refractivity (Wildman–Crippen MR) is 517 cm³/mol. The number of hydrogen-bond donors (Lipinski definition) is 0. The van der Waals surface area contributed by atoms with Gasteiger partial charge in [0.2, 0.25) is 25.2 Å². The molecule has 0 fully saturated rings. The summed E-state index contributed by atoms with van der Waals surface area (Å²) < 4.78 is 72.6. The van der Waals surface area contributed by atoms with E-state index in [1.165, 1.54) is 0 Å². The number of allylic oxidation sites excluding steroid dienone is 4. The van der Waals surface area contributed by atoms with Crippen LogP contribution >= 0.6 is 0 Å². The number of rotatable bonds is 31. The molecule has 0 radical (unpaired) electrons. The number of carbonyl (C=O) groups is 4. The van der Waals surface area contributed by atoms with Gasteiger partial charge in [-0.05, 0) is 154 Å². The Morgan fingerprint density at radius 1 is 0.323 bits per heavy atom. The highest BCUT2D eigenvalue weighted by Gasteiger charge is 2.32. The van der Waals surface area contributed by atoms with Crippen molar-refractivity contribution < 1.29 is 76.0 Å². The lowest BCUT2D eigenvalue weighted by molar-refractivity contribution is -0.0757. The molecule has 0 bridgehead atoms. The molecule has 0 aliphatic rings. The maximum absolute atomic E-state index is 12.1. The molecule has 0 aliphatic heterocycles. The molecule has 0 saturated heterocycles. The monoisotopic (exact) mass is 1830 g/mol. The molecule has 133 heavy (non-hydrogen) atoms. The van der Waals surface area contributed by atoms with Gasteiger partial charge in [0.1, 0.15) is 75.4 Å². The summed E-state index contributed by atoms with van der Waals surface area (Å²) in [5.74, 6) is 1.38. The average molecular weight is 1830 g/mol. The molecule has 4 heterocycles. The molecule has 8 aromatic rings. The summed E-state index contributed by atoms with van der Waals surface area (Å²) in [6.45, 7) is 59.8. The maximum Gasteiger partial charge on any atom is 0.511 e. The van der Waals surface area contributed by atoms with Crippen LogP contribution < -0.4 is 0 Å². The fraction of sp³-hybridized carbons (Fsp3) is 0.505. The summed E-state index contributed by atoms with van der Waals surface area (Å²) in [6, 6.07) is 40.5. The molecule has 0 aliphatic carbocycles. The zero-order valence-corrected chi connectivity index (χ0v) is 85.0. The Hall–Kier alpha value is -13.1. The molecular weight excluding hydrogens is 1690 g/mol. The van der Waals surface area contributed by atoms with Gasteiger partial charge in [-0.2, -0.15) is 41.4 Å². The van der Waals surface area contributed by atoms with Gasteiger partial charge in [0.25, 0.3) is 0 Å². The first-order chi connectivity index (χ1) is 62.2. The van der Waals surface area contributed by atoms with E-state index in [1.54, 1.807) is 81.5 Å². The van der Waals surface area contributed by atoms with Crippen molar-refractivity contribution >= 4 is 70.0 Å². The van der Waals surface area contributed by atoms with Crippen molar-refractivity contribution in [2.75, 3.05) is 19.8 Å². The molecule has 28 heteroatoms. The van der Waals surface area contributed by atoms with Gasteiger partial charge in [0.05, 0.1) is 42.6 Å². The van der Waals surface area contributed by atoms with Crippen LogP contribution in [0.5, 0.6) is 0 Å². The van der Waals surface area contributed by atoms with E-state index < -0.39 is 49.8 Å². The van der Waals surface area contributed by atoms with Crippen LogP contribution in [0.15, 0.2) is 97.1 Å². The Kier molecular flexibility index (Phi) is 41.5. The third-order valence-corrected chi connectivity index (χ3v) is 21.7. The molecule has 4 aromatic carbocycles. The van der Waals surface area contributed by atoms with E-state index in [9.17, 15) is 40.2 Å².